The maximum atomic E-state index is 13.9. The van der Waals surface area contributed by atoms with E-state index in [-0.39, 0.29) is 24.8 Å². The van der Waals surface area contributed by atoms with Gasteiger partial charge < -0.3 is 5.11 Å². The molecule has 0 saturated carbocycles. The summed E-state index contributed by atoms with van der Waals surface area (Å²) >= 11 is 0. The van der Waals surface area contributed by atoms with Crippen molar-refractivity contribution in [3.63, 3.8) is 0 Å². The molecule has 1 rings (SSSR count). The van der Waals surface area contributed by atoms with E-state index in [9.17, 15) is 13.6 Å². The van der Waals surface area contributed by atoms with Crippen molar-refractivity contribution in [1.29, 1.82) is 0 Å². The fourth-order valence-electron chi connectivity index (χ4n) is 2.06. The van der Waals surface area contributed by atoms with Crippen molar-refractivity contribution in [2.45, 2.75) is 57.8 Å². The summed E-state index contributed by atoms with van der Waals surface area (Å²) in [5.41, 5.74) is 1.10. The summed E-state index contributed by atoms with van der Waals surface area (Å²) in [5, 5.41) is 8.47. The summed E-state index contributed by atoms with van der Waals surface area (Å²) in [6.45, 7) is 2.10. The number of carboxylic acids is 1. The van der Waals surface area contributed by atoms with Crippen LogP contribution in [0.2, 0.25) is 0 Å². The van der Waals surface area contributed by atoms with Gasteiger partial charge >= 0.3 is 5.97 Å². The molecule has 0 heterocycles. The second-order valence-electron chi connectivity index (χ2n) is 5.11. The first kappa shape index (κ1) is 16.6. The van der Waals surface area contributed by atoms with Gasteiger partial charge in [-0.25, -0.2) is 8.78 Å². The monoisotopic (exact) mass is 284 g/mol. The summed E-state index contributed by atoms with van der Waals surface area (Å²) in [5.74, 6) is -3.81. The second-order valence-corrected chi connectivity index (χ2v) is 5.11. The number of rotatable bonds is 9. The molecule has 0 aliphatic rings. The normalized spacial score (nSPS) is 11.6. The van der Waals surface area contributed by atoms with Crippen LogP contribution >= 0.6 is 0 Å². The van der Waals surface area contributed by atoms with Gasteiger partial charge in [-0.2, -0.15) is 0 Å². The molecule has 0 bridgehead atoms. The molecule has 0 aromatic heterocycles. The third kappa shape index (κ3) is 5.68. The number of carbonyl (C=O) groups is 1. The highest BCUT2D eigenvalue weighted by atomic mass is 19.3. The standard InChI is InChI=1S/C16H22F2O2/c1-2-3-6-13-8-10-14(11-9-13)16(17,18)12-5-4-7-15(19)20/h8-11H,2-7,12H2,1H3,(H,19,20). The van der Waals surface area contributed by atoms with Gasteiger partial charge in [0.25, 0.3) is 5.92 Å². The van der Waals surface area contributed by atoms with Gasteiger partial charge in [0.2, 0.25) is 0 Å². The number of hydrogen-bond acceptors (Lipinski definition) is 1. The maximum absolute atomic E-state index is 13.9. The summed E-state index contributed by atoms with van der Waals surface area (Å²) in [6.07, 6.45) is 3.23. The number of aryl methyl sites for hydroxylation is 1. The highest BCUT2D eigenvalue weighted by Gasteiger charge is 2.30. The molecule has 2 nitrogen and oxygen atoms in total. The largest absolute Gasteiger partial charge is 0.481 e. The van der Waals surface area contributed by atoms with Crippen molar-refractivity contribution >= 4 is 5.97 Å². The number of unbranched alkanes of at least 4 members (excludes halogenated alkanes) is 2. The fourth-order valence-corrected chi connectivity index (χ4v) is 2.06. The molecule has 0 spiro atoms. The average Bonchev–Trinajstić information content (AvgIpc) is 2.42. The zero-order chi connectivity index (χ0) is 15.0. The van der Waals surface area contributed by atoms with Crippen molar-refractivity contribution in [2.24, 2.45) is 0 Å². The number of aliphatic carboxylic acids is 1. The zero-order valence-electron chi connectivity index (χ0n) is 11.9. The molecule has 0 amide bonds. The van der Waals surface area contributed by atoms with Gasteiger partial charge in [0.1, 0.15) is 0 Å². The third-order valence-corrected chi connectivity index (χ3v) is 3.33. The Balaban J connectivity index is 2.51. The quantitative estimate of drug-likeness (QED) is 0.663. The summed E-state index contributed by atoms with van der Waals surface area (Å²) in [4.78, 5) is 10.3. The first-order valence-electron chi connectivity index (χ1n) is 7.14. The lowest BCUT2D eigenvalue weighted by molar-refractivity contribution is -0.137. The van der Waals surface area contributed by atoms with Crippen LogP contribution in [0.4, 0.5) is 8.78 Å². The van der Waals surface area contributed by atoms with E-state index in [0.717, 1.165) is 24.8 Å². The lowest BCUT2D eigenvalue weighted by Crippen LogP contribution is -2.13. The smallest absolute Gasteiger partial charge is 0.303 e. The Morgan fingerprint density at radius 2 is 1.80 bits per heavy atom. The Hall–Kier alpha value is -1.45. The molecule has 0 aliphatic carbocycles. The fraction of sp³-hybridized carbons (Fsp3) is 0.562. The molecule has 0 saturated heterocycles. The highest BCUT2D eigenvalue weighted by Crippen LogP contribution is 2.33. The van der Waals surface area contributed by atoms with Gasteiger partial charge in [-0.15, -0.1) is 0 Å². The number of benzene rings is 1. The Morgan fingerprint density at radius 1 is 1.15 bits per heavy atom. The van der Waals surface area contributed by atoms with Gasteiger partial charge in [0.15, 0.2) is 0 Å². The van der Waals surface area contributed by atoms with Crippen molar-refractivity contribution in [2.75, 3.05) is 0 Å². The number of carboxylic acid groups (broad SMARTS) is 1. The third-order valence-electron chi connectivity index (χ3n) is 3.33. The van der Waals surface area contributed by atoms with Crippen LogP contribution in [0.15, 0.2) is 24.3 Å². The summed E-state index contributed by atoms with van der Waals surface area (Å²) in [6, 6.07) is 6.50. The first-order chi connectivity index (χ1) is 9.45. The molecule has 0 fully saturated rings. The van der Waals surface area contributed by atoms with E-state index >= 15 is 0 Å². The van der Waals surface area contributed by atoms with Gasteiger partial charge in [0.05, 0.1) is 0 Å². The Kier molecular flexibility index (Phi) is 6.62. The molecular formula is C16H22F2O2. The van der Waals surface area contributed by atoms with Crippen LogP contribution in [-0.2, 0) is 17.1 Å². The first-order valence-corrected chi connectivity index (χ1v) is 7.14. The van der Waals surface area contributed by atoms with E-state index in [0.29, 0.717) is 6.42 Å². The van der Waals surface area contributed by atoms with E-state index in [4.69, 9.17) is 5.11 Å². The van der Waals surface area contributed by atoms with Gasteiger partial charge in [-0.1, -0.05) is 37.6 Å². The van der Waals surface area contributed by atoms with Crippen molar-refractivity contribution in [3.05, 3.63) is 35.4 Å². The lowest BCUT2D eigenvalue weighted by Gasteiger charge is -2.17. The molecule has 0 atom stereocenters. The Morgan fingerprint density at radius 3 is 2.35 bits per heavy atom. The van der Waals surface area contributed by atoms with Crippen molar-refractivity contribution in [3.8, 4) is 0 Å². The predicted molar refractivity (Wildman–Crippen MR) is 75.1 cm³/mol. The molecule has 112 valence electrons. The minimum absolute atomic E-state index is 0.0214. The van der Waals surface area contributed by atoms with Gasteiger partial charge in [-0.3, -0.25) is 4.79 Å². The van der Waals surface area contributed by atoms with Crippen LogP contribution in [-0.4, -0.2) is 11.1 Å². The van der Waals surface area contributed by atoms with Crippen LogP contribution in [0.5, 0.6) is 0 Å². The molecule has 1 aromatic rings. The topological polar surface area (TPSA) is 37.3 Å². The van der Waals surface area contributed by atoms with Gasteiger partial charge in [-0.05, 0) is 31.2 Å². The molecule has 4 heteroatoms. The van der Waals surface area contributed by atoms with Gasteiger partial charge in [0, 0.05) is 18.4 Å². The minimum atomic E-state index is -2.87. The van der Waals surface area contributed by atoms with Crippen LogP contribution in [0.3, 0.4) is 0 Å². The zero-order valence-corrected chi connectivity index (χ0v) is 11.9. The van der Waals surface area contributed by atoms with E-state index < -0.39 is 11.9 Å². The maximum Gasteiger partial charge on any atom is 0.303 e. The molecule has 1 N–H and O–H groups in total. The molecule has 20 heavy (non-hydrogen) atoms. The average molecular weight is 284 g/mol. The number of hydrogen-bond donors (Lipinski definition) is 1. The molecule has 1 aromatic carbocycles. The molecule has 0 radical (unpaired) electrons. The van der Waals surface area contributed by atoms with Crippen LogP contribution in [0, 0.1) is 0 Å². The SMILES string of the molecule is CCCCc1ccc(C(F)(F)CCCCC(=O)O)cc1. The molecule has 0 aliphatic heterocycles. The van der Waals surface area contributed by atoms with E-state index in [1.54, 1.807) is 12.1 Å². The minimum Gasteiger partial charge on any atom is -0.481 e. The Labute approximate surface area is 118 Å². The van der Waals surface area contributed by atoms with E-state index in [1.807, 2.05) is 0 Å². The number of alkyl halides is 2. The molecular weight excluding hydrogens is 262 g/mol. The number of halogens is 2. The predicted octanol–water partition coefficient (Wildman–Crippen LogP) is 4.77. The summed E-state index contributed by atoms with van der Waals surface area (Å²) < 4.78 is 27.8. The Bertz CT molecular complexity index is 413. The second kappa shape index (κ2) is 7.98. The van der Waals surface area contributed by atoms with E-state index in [1.165, 1.54) is 12.1 Å². The van der Waals surface area contributed by atoms with Crippen LogP contribution in [0.25, 0.3) is 0 Å². The highest BCUT2D eigenvalue weighted by molar-refractivity contribution is 5.66. The van der Waals surface area contributed by atoms with E-state index in [2.05, 4.69) is 6.92 Å². The van der Waals surface area contributed by atoms with Crippen molar-refractivity contribution < 1.29 is 18.7 Å². The van der Waals surface area contributed by atoms with Crippen molar-refractivity contribution in [1.82, 2.24) is 0 Å². The van der Waals surface area contributed by atoms with Crippen LogP contribution in [0.1, 0.15) is 56.6 Å². The lowest BCUT2D eigenvalue weighted by atomic mass is 9.99. The van der Waals surface area contributed by atoms with Crippen LogP contribution < -0.4 is 0 Å². The molecule has 0 unspecified atom stereocenters. The summed E-state index contributed by atoms with van der Waals surface area (Å²) in [7, 11) is 0.